The molecule has 7 nitrogen and oxygen atoms in total. The number of carbonyl (C=O) groups is 1. The third-order valence-corrected chi connectivity index (χ3v) is 7.12. The lowest BCUT2D eigenvalue weighted by Gasteiger charge is -2.39. The molecule has 1 amide bonds. The van der Waals surface area contributed by atoms with E-state index in [2.05, 4.69) is 10.5 Å². The smallest absolute Gasteiger partial charge is 0.366 e. The van der Waals surface area contributed by atoms with Gasteiger partial charge < -0.3 is 19.7 Å². The highest BCUT2D eigenvalue weighted by Crippen LogP contribution is 2.44. The summed E-state index contributed by atoms with van der Waals surface area (Å²) in [6.07, 6.45) is 3.83. The average Bonchev–Trinajstić information content (AvgIpc) is 3.37. The number of ether oxygens (including phenoxy) is 1. The summed E-state index contributed by atoms with van der Waals surface area (Å²) in [7, 11) is 1.63. The Bertz CT molecular complexity index is 1260. The van der Waals surface area contributed by atoms with Gasteiger partial charge in [-0.15, -0.1) is 0 Å². The largest absolute Gasteiger partial charge is 0.496 e. The summed E-state index contributed by atoms with van der Waals surface area (Å²) in [4.78, 5) is 25.7. The number of hydrogen-bond acceptors (Lipinski definition) is 6. The highest BCUT2D eigenvalue weighted by molar-refractivity contribution is 5.99. The number of fused-ring (bicyclic) bond motifs is 1. The van der Waals surface area contributed by atoms with E-state index >= 15 is 0 Å². The number of anilines is 1. The van der Waals surface area contributed by atoms with Crippen molar-refractivity contribution in [1.82, 2.24) is 5.16 Å². The van der Waals surface area contributed by atoms with Crippen molar-refractivity contribution < 1.29 is 19.2 Å². The predicted molar refractivity (Wildman–Crippen MR) is 131 cm³/mol. The van der Waals surface area contributed by atoms with Crippen LogP contribution in [0.2, 0.25) is 0 Å². The van der Waals surface area contributed by atoms with Gasteiger partial charge in [0.1, 0.15) is 11.4 Å². The van der Waals surface area contributed by atoms with Crippen LogP contribution < -0.4 is 15.7 Å². The predicted octanol–water partition coefficient (Wildman–Crippen LogP) is 4.73. The summed E-state index contributed by atoms with van der Waals surface area (Å²) in [5, 5.41) is 19.7. The molecule has 1 fully saturated rings. The van der Waals surface area contributed by atoms with Gasteiger partial charge in [-0.2, -0.15) is 0 Å². The van der Waals surface area contributed by atoms with E-state index in [4.69, 9.17) is 9.26 Å². The third-order valence-electron chi connectivity index (χ3n) is 7.12. The molecule has 3 aromatic rings. The number of aromatic nitrogens is 1. The molecular weight excluding hydrogens is 432 g/mol. The van der Waals surface area contributed by atoms with Crippen LogP contribution in [0.1, 0.15) is 57.2 Å². The molecule has 7 heteroatoms. The Hall–Kier alpha value is -3.19. The van der Waals surface area contributed by atoms with Gasteiger partial charge in [0.2, 0.25) is 0 Å². The Morgan fingerprint density at radius 2 is 1.88 bits per heavy atom. The molecule has 1 unspecified atom stereocenters. The number of carbonyl (C=O) groups excluding carboxylic acids is 1. The van der Waals surface area contributed by atoms with Gasteiger partial charge in [0.25, 0.3) is 5.91 Å². The van der Waals surface area contributed by atoms with Crippen molar-refractivity contribution in [2.45, 2.75) is 63.9 Å². The third kappa shape index (κ3) is 4.44. The van der Waals surface area contributed by atoms with Crippen LogP contribution in [0.25, 0.3) is 10.8 Å². The highest BCUT2D eigenvalue weighted by Gasteiger charge is 2.48. The van der Waals surface area contributed by atoms with Gasteiger partial charge in [-0.3, -0.25) is 4.79 Å². The maximum atomic E-state index is 13.7. The van der Waals surface area contributed by atoms with Crippen LogP contribution in [0.5, 0.6) is 5.75 Å². The first-order valence-corrected chi connectivity index (χ1v) is 11.7. The molecule has 0 aliphatic heterocycles. The lowest BCUT2D eigenvalue weighted by molar-refractivity contribution is -0.143. The van der Waals surface area contributed by atoms with E-state index in [-0.39, 0.29) is 12.3 Å². The normalized spacial score (nSPS) is 16.4. The summed E-state index contributed by atoms with van der Waals surface area (Å²) >= 11 is 0. The molecule has 4 rings (SSSR count). The molecule has 180 valence electrons. The van der Waals surface area contributed by atoms with Gasteiger partial charge in [0, 0.05) is 11.1 Å². The van der Waals surface area contributed by atoms with E-state index in [9.17, 15) is 14.7 Å². The first kappa shape index (κ1) is 24.0. The molecule has 0 spiro atoms. The van der Waals surface area contributed by atoms with E-state index in [1.165, 1.54) is 0 Å². The van der Waals surface area contributed by atoms with Crippen molar-refractivity contribution in [3.05, 3.63) is 64.1 Å². The molecule has 0 radical (unpaired) electrons. The lowest BCUT2D eigenvalue weighted by Crippen LogP contribution is -2.52. The Morgan fingerprint density at radius 1 is 1.18 bits per heavy atom. The molecule has 34 heavy (non-hydrogen) atoms. The van der Waals surface area contributed by atoms with Gasteiger partial charge in [-0.25, -0.2) is 4.79 Å². The summed E-state index contributed by atoms with van der Waals surface area (Å²) in [6, 6.07) is 12.7. The van der Waals surface area contributed by atoms with Crippen LogP contribution in [0, 0.1) is 12.8 Å². The number of amides is 1. The Balaban J connectivity index is 1.68. The zero-order valence-electron chi connectivity index (χ0n) is 20.2. The van der Waals surface area contributed by atoms with Crippen molar-refractivity contribution in [3.63, 3.8) is 0 Å². The summed E-state index contributed by atoms with van der Waals surface area (Å²) in [6.45, 7) is 5.80. The van der Waals surface area contributed by atoms with Crippen LogP contribution in [-0.2, 0) is 10.2 Å². The van der Waals surface area contributed by atoms with Crippen molar-refractivity contribution in [1.29, 1.82) is 0 Å². The minimum absolute atomic E-state index is 0.141. The molecule has 2 N–H and O–H groups in total. The number of para-hydroxylation sites is 1. The van der Waals surface area contributed by atoms with Crippen molar-refractivity contribution in [2.75, 3.05) is 12.4 Å². The molecule has 1 aliphatic carbocycles. The number of nitrogens with one attached hydrogen (secondary N) is 1. The fraction of sp³-hybridized carbons (Fsp3) is 0.444. The molecule has 1 saturated carbocycles. The van der Waals surface area contributed by atoms with Gasteiger partial charge in [0.05, 0.1) is 18.2 Å². The zero-order chi connectivity index (χ0) is 24.5. The average molecular weight is 465 g/mol. The minimum Gasteiger partial charge on any atom is -0.496 e. The van der Waals surface area contributed by atoms with Gasteiger partial charge in [-0.1, -0.05) is 50.0 Å². The van der Waals surface area contributed by atoms with Crippen molar-refractivity contribution in [3.8, 4) is 5.75 Å². The number of nitrogens with zero attached hydrogens (tertiary/aromatic N) is 1. The van der Waals surface area contributed by atoms with E-state index in [0.717, 1.165) is 37.0 Å². The molecule has 1 aromatic heterocycles. The number of aliphatic hydroxyl groups is 1. The molecule has 1 heterocycles. The molecule has 2 aromatic carbocycles. The minimum atomic E-state index is -1.57. The highest BCUT2D eigenvalue weighted by atomic mass is 16.5. The van der Waals surface area contributed by atoms with E-state index in [1.54, 1.807) is 32.2 Å². The monoisotopic (exact) mass is 464 g/mol. The lowest BCUT2D eigenvalue weighted by atomic mass is 9.69. The van der Waals surface area contributed by atoms with E-state index in [0.29, 0.717) is 22.2 Å². The van der Waals surface area contributed by atoms with E-state index < -0.39 is 22.5 Å². The van der Waals surface area contributed by atoms with Crippen LogP contribution in [0.3, 0.4) is 0 Å². The van der Waals surface area contributed by atoms with Crippen molar-refractivity contribution >= 4 is 22.4 Å². The molecular formula is C27H32N2O5. The number of hydrogen-bond donors (Lipinski definition) is 2. The van der Waals surface area contributed by atoms with Crippen LogP contribution in [0.15, 0.2) is 51.8 Å². The van der Waals surface area contributed by atoms with E-state index in [1.807, 2.05) is 38.1 Å². The van der Waals surface area contributed by atoms with Crippen LogP contribution >= 0.6 is 0 Å². The molecule has 0 saturated heterocycles. The number of aryl methyl sites for hydroxylation is 1. The second-order valence-corrected chi connectivity index (χ2v) is 9.94. The molecule has 1 atom stereocenters. The Morgan fingerprint density at radius 3 is 2.59 bits per heavy atom. The second-order valence-electron chi connectivity index (χ2n) is 9.94. The van der Waals surface area contributed by atoms with Gasteiger partial charge in [-0.05, 0) is 67.3 Å². The van der Waals surface area contributed by atoms with Crippen LogP contribution in [0.4, 0.5) is 5.69 Å². The summed E-state index contributed by atoms with van der Waals surface area (Å²) in [5.74, 6) is 0.158. The zero-order valence-corrected chi connectivity index (χ0v) is 20.2. The number of benzene rings is 2. The number of methoxy groups -OCH3 is 1. The fourth-order valence-electron chi connectivity index (χ4n) is 5.33. The topological polar surface area (TPSA) is 102 Å². The maximum Gasteiger partial charge on any atom is 0.366 e. The second kappa shape index (κ2) is 9.22. The standard InChI is InChI=1S/C27H32N2O5/c1-17-21-15-19(13-14-20(21)24(30)34-29-17)28-25(31)27(32,18-9-5-6-10-18)16-26(2,3)22-11-7-8-12-23(22)33-4/h7-8,11-15,18,32H,5-6,9-10,16H2,1-4H3,(H,28,31). The Labute approximate surface area is 199 Å². The molecule has 1 aliphatic rings. The first-order valence-electron chi connectivity index (χ1n) is 11.7. The summed E-state index contributed by atoms with van der Waals surface area (Å²) < 4.78 is 10.4. The summed E-state index contributed by atoms with van der Waals surface area (Å²) in [5.41, 5.74) is -0.628. The van der Waals surface area contributed by atoms with Gasteiger partial charge >= 0.3 is 5.63 Å². The molecule has 0 bridgehead atoms. The Kier molecular flexibility index (Phi) is 6.49. The maximum absolute atomic E-state index is 13.7. The van der Waals surface area contributed by atoms with Crippen LogP contribution in [-0.4, -0.2) is 28.9 Å². The fourth-order valence-corrected chi connectivity index (χ4v) is 5.33. The van der Waals surface area contributed by atoms with Gasteiger partial charge in [0.15, 0.2) is 0 Å². The number of rotatable bonds is 7. The van der Waals surface area contributed by atoms with Crippen molar-refractivity contribution in [2.24, 2.45) is 5.92 Å². The SMILES string of the molecule is COc1ccccc1C(C)(C)CC(O)(C(=O)Nc1ccc2c(=O)onc(C)c2c1)C1CCCC1. The first-order chi connectivity index (χ1) is 16.2. The quantitative estimate of drug-likeness (QED) is 0.524.